The first-order valence-electron chi connectivity index (χ1n) is 16.2. The number of nitrogens with one attached hydrogen (secondary N) is 2. The Morgan fingerprint density at radius 2 is 1.40 bits per heavy atom. The Bertz CT molecular complexity index is 1300. The molecule has 4 aliphatic carbocycles. The van der Waals surface area contributed by atoms with Crippen molar-refractivity contribution in [2.24, 2.45) is 35.1 Å². The van der Waals surface area contributed by atoms with Crippen LogP contribution >= 0.6 is 11.8 Å². The van der Waals surface area contributed by atoms with Crippen molar-refractivity contribution < 1.29 is 19.2 Å². The Balaban J connectivity index is 1.30. The molecule has 0 unspecified atom stereocenters. The number of amides is 4. The van der Waals surface area contributed by atoms with E-state index in [4.69, 9.17) is 11.5 Å². The minimum atomic E-state index is -0.842. The summed E-state index contributed by atoms with van der Waals surface area (Å²) in [5.41, 5.74) is 14.1. The monoisotopic (exact) mass is 633 g/mol. The predicted octanol–water partition coefficient (Wildman–Crippen LogP) is 2.66. The van der Waals surface area contributed by atoms with E-state index < -0.39 is 35.8 Å². The molecule has 0 aliphatic heterocycles. The van der Waals surface area contributed by atoms with Gasteiger partial charge in [0.25, 0.3) is 0 Å². The van der Waals surface area contributed by atoms with E-state index in [0.717, 1.165) is 36.8 Å². The first kappa shape index (κ1) is 33.0. The molecule has 0 heterocycles. The van der Waals surface area contributed by atoms with Crippen LogP contribution in [-0.4, -0.2) is 71.2 Å². The number of hydrogen-bond donors (Lipinski definition) is 4. The van der Waals surface area contributed by atoms with Gasteiger partial charge in [0, 0.05) is 12.5 Å². The lowest BCUT2D eigenvalue weighted by molar-refractivity contribution is -0.153. The Hall–Kier alpha value is -3.37. The zero-order valence-corrected chi connectivity index (χ0v) is 26.9. The van der Waals surface area contributed by atoms with E-state index in [2.05, 4.69) is 10.6 Å². The van der Waals surface area contributed by atoms with E-state index in [1.165, 1.54) is 6.42 Å². The topological polar surface area (TPSA) is 148 Å². The minimum Gasteiger partial charge on any atom is -0.368 e. The van der Waals surface area contributed by atoms with Gasteiger partial charge in [0.15, 0.2) is 0 Å². The average Bonchev–Trinajstić information content (AvgIpc) is 3.03. The molecule has 0 spiro atoms. The molecule has 3 atom stereocenters. The molecule has 45 heavy (non-hydrogen) atoms. The van der Waals surface area contributed by atoms with Gasteiger partial charge in [-0.2, -0.15) is 11.8 Å². The van der Waals surface area contributed by atoms with Gasteiger partial charge in [-0.05, 0) is 91.8 Å². The van der Waals surface area contributed by atoms with Gasteiger partial charge >= 0.3 is 0 Å². The molecule has 10 heteroatoms. The molecule has 0 radical (unpaired) electrons. The second-order valence-electron chi connectivity index (χ2n) is 13.2. The second-order valence-corrected chi connectivity index (χ2v) is 14.2. The highest BCUT2D eigenvalue weighted by molar-refractivity contribution is 7.98. The van der Waals surface area contributed by atoms with Crippen LogP contribution in [0, 0.1) is 23.7 Å². The molecule has 4 amide bonds. The first-order chi connectivity index (χ1) is 21.7. The maximum atomic E-state index is 14.2. The first-order valence-corrected chi connectivity index (χ1v) is 17.6. The summed E-state index contributed by atoms with van der Waals surface area (Å²) in [7, 11) is 0. The fourth-order valence-corrected chi connectivity index (χ4v) is 8.66. The molecule has 2 aromatic carbocycles. The molecule has 9 nitrogen and oxygen atoms in total. The smallest absolute Gasteiger partial charge is 0.243 e. The number of thioether (sulfide) groups is 1. The number of hydrogen-bond acceptors (Lipinski definition) is 6. The molecule has 4 bridgehead atoms. The Labute approximate surface area is 270 Å². The number of benzene rings is 2. The van der Waals surface area contributed by atoms with Crippen molar-refractivity contribution in [2.75, 3.05) is 18.6 Å². The molecule has 4 fully saturated rings. The fourth-order valence-electron chi connectivity index (χ4n) is 8.19. The van der Waals surface area contributed by atoms with E-state index >= 15 is 0 Å². The Kier molecular flexibility index (Phi) is 11.2. The van der Waals surface area contributed by atoms with Crippen molar-refractivity contribution in [3.8, 4) is 0 Å². The van der Waals surface area contributed by atoms with Gasteiger partial charge in [-0.25, -0.2) is 0 Å². The van der Waals surface area contributed by atoms with E-state index in [-0.39, 0.29) is 18.5 Å². The number of nitrogens with two attached hydrogens (primary N) is 2. The van der Waals surface area contributed by atoms with Crippen LogP contribution in [0.5, 0.6) is 0 Å². The summed E-state index contributed by atoms with van der Waals surface area (Å²) in [6.45, 7) is -0.276. The zero-order valence-electron chi connectivity index (χ0n) is 26.1. The number of carbonyl (C=O) groups is 4. The molecule has 6 rings (SSSR count). The van der Waals surface area contributed by atoms with Gasteiger partial charge < -0.3 is 27.0 Å². The molecule has 2 aromatic rings. The molecule has 6 N–H and O–H groups in total. The highest BCUT2D eigenvalue weighted by Crippen LogP contribution is 2.55. The molecular weight excluding hydrogens is 586 g/mol. The number of carbonyl (C=O) groups excluding carboxylic acids is 4. The van der Waals surface area contributed by atoms with Crippen LogP contribution in [0.15, 0.2) is 60.7 Å². The quantitative estimate of drug-likeness (QED) is 0.237. The lowest BCUT2D eigenvalue weighted by Crippen LogP contribution is -2.64. The maximum Gasteiger partial charge on any atom is 0.243 e. The van der Waals surface area contributed by atoms with E-state index in [1.807, 2.05) is 66.9 Å². The van der Waals surface area contributed by atoms with Crippen molar-refractivity contribution >= 4 is 35.4 Å². The lowest BCUT2D eigenvalue weighted by Gasteiger charge is -2.58. The summed E-state index contributed by atoms with van der Waals surface area (Å²) in [6, 6.07) is 16.6. The summed E-state index contributed by atoms with van der Waals surface area (Å²) < 4.78 is 0. The van der Waals surface area contributed by atoms with Crippen LogP contribution < -0.4 is 22.1 Å². The molecule has 4 saturated carbocycles. The third kappa shape index (κ3) is 8.27. The van der Waals surface area contributed by atoms with Gasteiger partial charge in [-0.3, -0.25) is 19.2 Å². The molecule has 4 aliphatic rings. The zero-order chi connectivity index (χ0) is 31.9. The van der Waals surface area contributed by atoms with Crippen LogP contribution in [-0.2, 0) is 32.0 Å². The standard InChI is InChI=1S/C35H47N5O4S/c1-45-13-12-29(39-34(43)28(36)19-22-8-4-2-5-9-22)35(44)38-21-31(41)40(30(33(37)42)20-23-10-6-3-7-11-23)32-26-15-24-14-25(17-26)18-27(32)16-24/h2-11,24-30,32H,12-21,36H2,1H3,(H2,37,42)(H,38,44)(H,39,43)/t24?,25?,26?,27?,28-,29+,30-,32?/m0/s1. The summed E-state index contributed by atoms with van der Waals surface area (Å²) in [5, 5.41) is 5.61. The van der Waals surface area contributed by atoms with E-state index in [1.54, 1.807) is 16.7 Å². The highest BCUT2D eigenvalue weighted by Gasteiger charge is 2.52. The van der Waals surface area contributed by atoms with Crippen molar-refractivity contribution in [1.82, 2.24) is 15.5 Å². The summed E-state index contributed by atoms with van der Waals surface area (Å²) in [4.78, 5) is 55.4. The largest absolute Gasteiger partial charge is 0.368 e. The maximum absolute atomic E-state index is 14.2. The SMILES string of the molecule is CSCC[C@@H](NC(=O)[C@@H](N)Cc1ccccc1)C(=O)NCC(=O)N(C1C2CC3CC(C2)CC1C3)[C@@H](Cc1ccccc1)C(N)=O. The molecule has 0 aromatic heterocycles. The van der Waals surface area contributed by atoms with Gasteiger partial charge in [0.2, 0.25) is 23.6 Å². The van der Waals surface area contributed by atoms with Crippen LogP contribution in [0.4, 0.5) is 0 Å². The van der Waals surface area contributed by atoms with Crippen LogP contribution in [0.1, 0.15) is 49.7 Å². The van der Waals surface area contributed by atoms with Crippen molar-refractivity contribution in [1.29, 1.82) is 0 Å². The van der Waals surface area contributed by atoms with E-state index in [0.29, 0.717) is 48.7 Å². The normalized spacial score (nSPS) is 25.2. The Morgan fingerprint density at radius 1 is 0.844 bits per heavy atom. The van der Waals surface area contributed by atoms with Gasteiger partial charge in [-0.1, -0.05) is 60.7 Å². The van der Waals surface area contributed by atoms with Crippen LogP contribution in [0.25, 0.3) is 0 Å². The predicted molar refractivity (Wildman–Crippen MR) is 177 cm³/mol. The van der Waals surface area contributed by atoms with E-state index in [9.17, 15) is 19.2 Å². The number of rotatable bonds is 15. The average molecular weight is 634 g/mol. The van der Waals surface area contributed by atoms with Gasteiger partial charge in [0.1, 0.15) is 12.1 Å². The molecular formula is C35H47N5O4S. The number of nitrogens with zero attached hydrogens (tertiary/aromatic N) is 1. The fraction of sp³-hybridized carbons (Fsp3) is 0.543. The summed E-state index contributed by atoms with van der Waals surface area (Å²) >= 11 is 1.57. The lowest BCUT2D eigenvalue weighted by atomic mass is 9.53. The summed E-state index contributed by atoms with van der Waals surface area (Å²) in [5.74, 6) is 0.976. The van der Waals surface area contributed by atoms with Gasteiger partial charge in [-0.15, -0.1) is 0 Å². The highest BCUT2D eigenvalue weighted by atomic mass is 32.2. The minimum absolute atomic E-state index is 0.0774. The van der Waals surface area contributed by atoms with Crippen LogP contribution in [0.2, 0.25) is 0 Å². The van der Waals surface area contributed by atoms with Crippen molar-refractivity contribution in [3.63, 3.8) is 0 Å². The van der Waals surface area contributed by atoms with Crippen molar-refractivity contribution in [2.45, 2.75) is 75.5 Å². The number of primary amides is 1. The summed E-state index contributed by atoms with van der Waals surface area (Å²) in [6.07, 6.45) is 8.53. The third-order valence-electron chi connectivity index (χ3n) is 10.0. The van der Waals surface area contributed by atoms with Gasteiger partial charge in [0.05, 0.1) is 12.6 Å². The molecule has 242 valence electrons. The Morgan fingerprint density at radius 3 is 1.93 bits per heavy atom. The molecule has 0 saturated heterocycles. The van der Waals surface area contributed by atoms with Crippen molar-refractivity contribution in [3.05, 3.63) is 71.8 Å². The van der Waals surface area contributed by atoms with Crippen LogP contribution in [0.3, 0.4) is 0 Å². The third-order valence-corrected chi connectivity index (χ3v) is 10.7. The second kappa shape index (κ2) is 15.3.